The summed E-state index contributed by atoms with van der Waals surface area (Å²) in [5.41, 5.74) is 1.99. The molecule has 0 spiro atoms. The van der Waals surface area contributed by atoms with Crippen LogP contribution in [0.25, 0.3) is 11.1 Å². The molecule has 0 saturated carbocycles. The molecule has 2 aromatic carbocycles. The van der Waals surface area contributed by atoms with Gasteiger partial charge in [-0.2, -0.15) is 4.98 Å². The van der Waals surface area contributed by atoms with Crippen molar-refractivity contribution in [3.8, 4) is 16.9 Å². The smallest absolute Gasteiger partial charge is 0.324 e. The number of nitrogens with zero attached hydrogens (tertiary/aromatic N) is 3. The van der Waals surface area contributed by atoms with Crippen molar-refractivity contribution < 1.29 is 17.7 Å². The van der Waals surface area contributed by atoms with Crippen LogP contribution < -0.4 is 9.64 Å². The topological polar surface area (TPSA) is 85.5 Å². The number of benzene rings is 2. The van der Waals surface area contributed by atoms with Crippen molar-refractivity contribution in [2.45, 2.75) is 37.5 Å². The van der Waals surface area contributed by atoms with E-state index in [1.165, 1.54) is 6.26 Å². The molecule has 1 saturated heterocycles. The first kappa shape index (κ1) is 22.3. The number of hydrogen-bond donors (Lipinski definition) is 0. The molecule has 0 amide bonds. The van der Waals surface area contributed by atoms with Gasteiger partial charge in [-0.3, -0.25) is 0 Å². The highest BCUT2D eigenvalue weighted by Gasteiger charge is 2.24. The molecular formula is C24H29N3O4S. The van der Waals surface area contributed by atoms with Gasteiger partial charge in [0, 0.05) is 25.3 Å². The van der Waals surface area contributed by atoms with Crippen LogP contribution in [0.1, 0.15) is 38.4 Å². The standard InChI is InChI=1S/C24H29N3O4S/c1-17(2)23-25-24(31-26-23)27-14-12-18(13-15-27)16-30-21-8-4-19(5-9-21)20-6-10-22(11-7-20)32(3,28)29/h4-11,17-18H,12-16H2,1-3H3. The molecule has 7 nitrogen and oxygen atoms in total. The van der Waals surface area contributed by atoms with Crippen molar-refractivity contribution in [3.05, 3.63) is 54.4 Å². The number of piperidine rings is 1. The lowest BCUT2D eigenvalue weighted by Gasteiger charge is -2.30. The van der Waals surface area contributed by atoms with Gasteiger partial charge in [-0.1, -0.05) is 43.3 Å². The van der Waals surface area contributed by atoms with Crippen molar-refractivity contribution >= 4 is 15.9 Å². The Kier molecular flexibility index (Phi) is 6.50. The van der Waals surface area contributed by atoms with E-state index in [1.54, 1.807) is 12.1 Å². The number of aromatic nitrogens is 2. The van der Waals surface area contributed by atoms with Gasteiger partial charge >= 0.3 is 6.01 Å². The van der Waals surface area contributed by atoms with Crippen LogP contribution in [-0.2, 0) is 9.84 Å². The van der Waals surface area contributed by atoms with Gasteiger partial charge in [0.05, 0.1) is 11.5 Å². The average Bonchev–Trinajstić information content (AvgIpc) is 3.29. The largest absolute Gasteiger partial charge is 0.493 e. The Morgan fingerprint density at radius 3 is 2.16 bits per heavy atom. The first-order chi connectivity index (χ1) is 15.3. The predicted octanol–water partition coefficient (Wildman–Crippen LogP) is 4.56. The molecule has 0 atom stereocenters. The third-order valence-corrected chi connectivity index (χ3v) is 6.92. The zero-order valence-corrected chi connectivity index (χ0v) is 19.5. The number of ether oxygens (including phenoxy) is 1. The third-order valence-electron chi connectivity index (χ3n) is 5.79. The van der Waals surface area contributed by atoms with E-state index in [2.05, 4.69) is 28.9 Å². The van der Waals surface area contributed by atoms with Crippen LogP contribution in [0.4, 0.5) is 6.01 Å². The fourth-order valence-corrected chi connectivity index (χ4v) is 4.36. The first-order valence-corrected chi connectivity index (χ1v) is 12.8. The Balaban J connectivity index is 1.27. The number of rotatable bonds is 7. The fraction of sp³-hybridized carbons (Fsp3) is 0.417. The molecule has 1 fully saturated rings. The summed E-state index contributed by atoms with van der Waals surface area (Å²) in [5, 5.41) is 4.05. The van der Waals surface area contributed by atoms with E-state index in [0.29, 0.717) is 23.4 Å². The number of anilines is 1. The summed E-state index contributed by atoms with van der Waals surface area (Å²) in [7, 11) is -3.18. The van der Waals surface area contributed by atoms with Crippen LogP contribution in [0.3, 0.4) is 0 Å². The van der Waals surface area contributed by atoms with Crippen LogP contribution >= 0.6 is 0 Å². The molecule has 170 valence electrons. The van der Waals surface area contributed by atoms with Gasteiger partial charge < -0.3 is 14.2 Å². The lowest BCUT2D eigenvalue weighted by atomic mass is 9.98. The van der Waals surface area contributed by atoms with Crippen LogP contribution in [-0.4, -0.2) is 44.5 Å². The summed E-state index contributed by atoms with van der Waals surface area (Å²) in [6.07, 6.45) is 3.25. The van der Waals surface area contributed by atoms with E-state index in [9.17, 15) is 8.42 Å². The van der Waals surface area contributed by atoms with Crippen LogP contribution in [0.15, 0.2) is 57.9 Å². The minimum absolute atomic E-state index is 0.261. The molecular weight excluding hydrogens is 426 g/mol. The SMILES string of the molecule is CC(C)c1noc(N2CCC(COc3ccc(-c4ccc(S(C)(=O)=O)cc4)cc3)CC2)n1. The van der Waals surface area contributed by atoms with Crippen molar-refractivity contribution in [3.63, 3.8) is 0 Å². The maximum atomic E-state index is 11.6. The Morgan fingerprint density at radius 1 is 1.03 bits per heavy atom. The summed E-state index contributed by atoms with van der Waals surface area (Å²) >= 11 is 0. The molecule has 0 unspecified atom stereocenters. The van der Waals surface area contributed by atoms with Crippen molar-refractivity contribution in [1.29, 1.82) is 0 Å². The van der Waals surface area contributed by atoms with E-state index in [0.717, 1.165) is 48.6 Å². The molecule has 1 aromatic heterocycles. The normalized spacial score (nSPS) is 15.3. The van der Waals surface area contributed by atoms with Gasteiger partial charge in [-0.25, -0.2) is 8.42 Å². The third kappa shape index (κ3) is 5.30. The summed E-state index contributed by atoms with van der Waals surface area (Å²) < 4.78 is 34.7. The highest BCUT2D eigenvalue weighted by atomic mass is 32.2. The second-order valence-corrected chi connectivity index (χ2v) is 10.7. The quantitative estimate of drug-likeness (QED) is 0.516. The molecule has 3 aromatic rings. The Morgan fingerprint density at radius 2 is 1.62 bits per heavy atom. The Bertz CT molecular complexity index is 1130. The molecule has 2 heterocycles. The maximum absolute atomic E-state index is 11.6. The van der Waals surface area contributed by atoms with Crippen LogP contribution in [0, 0.1) is 5.92 Å². The maximum Gasteiger partial charge on any atom is 0.324 e. The summed E-state index contributed by atoms with van der Waals surface area (Å²) in [5.74, 6) is 2.33. The van der Waals surface area contributed by atoms with E-state index in [4.69, 9.17) is 9.26 Å². The van der Waals surface area contributed by atoms with Gasteiger partial charge in [-0.05, 0) is 54.2 Å². The van der Waals surface area contributed by atoms with Crippen molar-refractivity contribution in [2.24, 2.45) is 5.92 Å². The number of sulfone groups is 1. The highest BCUT2D eigenvalue weighted by Crippen LogP contribution is 2.26. The second-order valence-electron chi connectivity index (χ2n) is 8.65. The molecule has 8 heteroatoms. The minimum atomic E-state index is -3.18. The average molecular weight is 456 g/mol. The molecule has 0 bridgehead atoms. The van der Waals surface area contributed by atoms with E-state index in [-0.39, 0.29) is 5.92 Å². The first-order valence-electron chi connectivity index (χ1n) is 10.9. The molecule has 4 rings (SSSR count). The highest BCUT2D eigenvalue weighted by molar-refractivity contribution is 7.90. The molecule has 1 aliphatic rings. The Hall–Kier alpha value is -2.87. The monoisotopic (exact) mass is 455 g/mol. The van der Waals surface area contributed by atoms with Crippen molar-refractivity contribution in [2.75, 3.05) is 30.9 Å². The van der Waals surface area contributed by atoms with Gasteiger partial charge in [0.2, 0.25) is 0 Å². The Labute approximate surface area is 189 Å². The summed E-state index contributed by atoms with van der Waals surface area (Å²) in [6, 6.07) is 15.5. The van der Waals surface area contributed by atoms with Gasteiger partial charge in [0.25, 0.3) is 0 Å². The van der Waals surface area contributed by atoms with Crippen LogP contribution in [0.2, 0.25) is 0 Å². The molecule has 0 radical (unpaired) electrons. The van der Waals surface area contributed by atoms with E-state index in [1.807, 2.05) is 36.4 Å². The molecule has 0 aliphatic carbocycles. The fourth-order valence-electron chi connectivity index (χ4n) is 3.73. The van der Waals surface area contributed by atoms with Crippen molar-refractivity contribution in [1.82, 2.24) is 10.1 Å². The van der Waals surface area contributed by atoms with E-state index < -0.39 is 9.84 Å². The molecule has 32 heavy (non-hydrogen) atoms. The van der Waals surface area contributed by atoms with Gasteiger partial charge in [-0.15, -0.1) is 0 Å². The zero-order valence-electron chi connectivity index (χ0n) is 18.7. The lowest BCUT2D eigenvalue weighted by molar-refractivity contribution is 0.220. The minimum Gasteiger partial charge on any atom is -0.493 e. The van der Waals surface area contributed by atoms with E-state index >= 15 is 0 Å². The molecule has 1 aliphatic heterocycles. The van der Waals surface area contributed by atoms with Gasteiger partial charge in [0.1, 0.15) is 5.75 Å². The predicted molar refractivity (Wildman–Crippen MR) is 124 cm³/mol. The zero-order chi connectivity index (χ0) is 22.7. The van der Waals surface area contributed by atoms with Gasteiger partial charge in [0.15, 0.2) is 15.7 Å². The molecule has 0 N–H and O–H groups in total. The second kappa shape index (κ2) is 9.32. The van der Waals surface area contributed by atoms with Crippen LogP contribution in [0.5, 0.6) is 5.75 Å². The summed E-state index contributed by atoms with van der Waals surface area (Å²) in [4.78, 5) is 6.97. The summed E-state index contributed by atoms with van der Waals surface area (Å²) in [6.45, 7) is 6.56. The lowest BCUT2D eigenvalue weighted by Crippen LogP contribution is -2.35. The number of hydrogen-bond acceptors (Lipinski definition) is 7.